The predicted molar refractivity (Wildman–Crippen MR) is 56.0 cm³/mol. The van der Waals surface area contributed by atoms with Crippen molar-refractivity contribution in [2.45, 2.75) is 13.1 Å². The average Bonchev–Trinajstić information content (AvgIpc) is 1.97. The summed E-state index contributed by atoms with van der Waals surface area (Å²) in [4.78, 5) is 0. The highest BCUT2D eigenvalue weighted by atomic mass is 79.9. The molecule has 0 aliphatic heterocycles. The summed E-state index contributed by atoms with van der Waals surface area (Å²) in [5.41, 5.74) is 5.41. The molecule has 1 rings (SSSR count). The first kappa shape index (κ1) is 11.8. The summed E-state index contributed by atoms with van der Waals surface area (Å²) in [7, 11) is 0. The summed E-state index contributed by atoms with van der Waals surface area (Å²) in [6, 6.07) is 1.35. The van der Waals surface area contributed by atoms with Gasteiger partial charge in [-0.1, -0.05) is 15.9 Å². The van der Waals surface area contributed by atoms with Gasteiger partial charge in [-0.2, -0.15) is 13.2 Å². The maximum absolute atomic E-state index is 12.5. The number of benzene rings is 1. The van der Waals surface area contributed by atoms with E-state index in [0.29, 0.717) is 5.56 Å². The molecule has 0 heterocycles. The molecule has 0 saturated carbocycles. The van der Waals surface area contributed by atoms with Gasteiger partial charge in [0.2, 0.25) is 0 Å². The molecule has 0 saturated heterocycles. The Kier molecular flexibility index (Phi) is 3.16. The van der Waals surface area contributed by atoms with Crippen LogP contribution in [0.15, 0.2) is 15.0 Å². The van der Waals surface area contributed by atoms with Crippen LogP contribution >= 0.6 is 31.9 Å². The van der Waals surface area contributed by atoms with Gasteiger partial charge >= 0.3 is 6.18 Å². The second-order valence-corrected chi connectivity index (χ2v) is 4.42. The standard InChI is InChI=1S/C8H6Br2F3N/c1-3-2-4(9)5(8(11,12)13)6(10)7(3)14/h2H,14H2,1H3. The lowest BCUT2D eigenvalue weighted by atomic mass is 10.1. The van der Waals surface area contributed by atoms with Crippen molar-refractivity contribution in [1.82, 2.24) is 0 Å². The van der Waals surface area contributed by atoms with E-state index in [4.69, 9.17) is 5.73 Å². The van der Waals surface area contributed by atoms with Crippen LogP contribution in [-0.4, -0.2) is 0 Å². The lowest BCUT2D eigenvalue weighted by Gasteiger charge is -2.14. The second kappa shape index (κ2) is 3.73. The van der Waals surface area contributed by atoms with Crippen LogP contribution in [0.1, 0.15) is 11.1 Å². The molecule has 0 aliphatic carbocycles. The Morgan fingerprint density at radius 1 is 1.29 bits per heavy atom. The summed E-state index contributed by atoms with van der Waals surface area (Å²) < 4.78 is 37.4. The Bertz CT molecular complexity index is 374. The quantitative estimate of drug-likeness (QED) is 0.710. The Morgan fingerprint density at radius 2 is 1.79 bits per heavy atom. The first-order valence-electron chi connectivity index (χ1n) is 3.56. The molecule has 0 aliphatic rings. The van der Waals surface area contributed by atoms with Crippen LogP contribution in [0.2, 0.25) is 0 Å². The van der Waals surface area contributed by atoms with Gasteiger partial charge in [0.25, 0.3) is 0 Å². The van der Waals surface area contributed by atoms with Crippen LogP contribution in [0, 0.1) is 6.92 Å². The zero-order chi connectivity index (χ0) is 11.1. The van der Waals surface area contributed by atoms with E-state index in [1.54, 1.807) is 6.92 Å². The third-order valence-corrected chi connectivity index (χ3v) is 3.20. The zero-order valence-corrected chi connectivity index (χ0v) is 10.2. The van der Waals surface area contributed by atoms with Gasteiger partial charge in [-0.15, -0.1) is 0 Å². The molecule has 1 nitrogen and oxygen atoms in total. The van der Waals surface area contributed by atoms with Gasteiger partial charge in [0, 0.05) is 10.2 Å². The van der Waals surface area contributed by atoms with E-state index in [-0.39, 0.29) is 14.6 Å². The largest absolute Gasteiger partial charge is 0.418 e. The molecule has 1 aromatic rings. The van der Waals surface area contributed by atoms with Gasteiger partial charge in [0.15, 0.2) is 0 Å². The third kappa shape index (κ3) is 2.06. The molecule has 14 heavy (non-hydrogen) atoms. The fraction of sp³-hybridized carbons (Fsp3) is 0.250. The molecule has 2 N–H and O–H groups in total. The normalized spacial score (nSPS) is 11.9. The van der Waals surface area contributed by atoms with Crippen molar-refractivity contribution in [1.29, 1.82) is 0 Å². The fourth-order valence-electron chi connectivity index (χ4n) is 1.01. The molecule has 0 radical (unpaired) electrons. The Labute approximate surface area is 95.7 Å². The Hall–Kier alpha value is -0.230. The Morgan fingerprint density at radius 3 is 2.21 bits per heavy atom. The van der Waals surface area contributed by atoms with Gasteiger partial charge in [0.1, 0.15) is 0 Å². The number of hydrogen-bond acceptors (Lipinski definition) is 1. The van der Waals surface area contributed by atoms with Crippen molar-refractivity contribution in [2.24, 2.45) is 0 Å². The summed E-state index contributed by atoms with van der Waals surface area (Å²) in [5, 5.41) is 0. The van der Waals surface area contributed by atoms with Crippen LogP contribution in [-0.2, 0) is 6.18 Å². The highest BCUT2D eigenvalue weighted by molar-refractivity contribution is 9.11. The van der Waals surface area contributed by atoms with E-state index in [2.05, 4.69) is 31.9 Å². The number of halogens is 5. The zero-order valence-electron chi connectivity index (χ0n) is 7.04. The van der Waals surface area contributed by atoms with Crippen molar-refractivity contribution in [3.05, 3.63) is 26.1 Å². The van der Waals surface area contributed by atoms with Crippen molar-refractivity contribution >= 4 is 37.5 Å². The third-order valence-electron chi connectivity index (χ3n) is 1.75. The van der Waals surface area contributed by atoms with Gasteiger partial charge in [0.05, 0.1) is 10.0 Å². The van der Waals surface area contributed by atoms with Gasteiger partial charge in [-0.3, -0.25) is 0 Å². The summed E-state index contributed by atoms with van der Waals surface area (Å²) in [6.07, 6.45) is -4.42. The number of anilines is 1. The topological polar surface area (TPSA) is 26.0 Å². The lowest BCUT2D eigenvalue weighted by Crippen LogP contribution is -2.09. The van der Waals surface area contributed by atoms with Gasteiger partial charge in [-0.25, -0.2) is 0 Å². The van der Waals surface area contributed by atoms with Crippen LogP contribution in [0.4, 0.5) is 18.9 Å². The molecule has 78 valence electrons. The molecular weight excluding hydrogens is 327 g/mol. The summed E-state index contributed by atoms with van der Waals surface area (Å²) in [5.74, 6) is 0. The number of alkyl halides is 3. The average molecular weight is 333 g/mol. The predicted octanol–water partition coefficient (Wildman–Crippen LogP) is 4.12. The van der Waals surface area contributed by atoms with Crippen LogP contribution in [0.5, 0.6) is 0 Å². The minimum atomic E-state index is -4.42. The van der Waals surface area contributed by atoms with Gasteiger partial charge < -0.3 is 5.73 Å². The van der Waals surface area contributed by atoms with Crippen molar-refractivity contribution in [3.63, 3.8) is 0 Å². The molecule has 0 aromatic heterocycles. The molecule has 0 fully saturated rings. The first-order chi connectivity index (χ1) is 6.25. The minimum Gasteiger partial charge on any atom is -0.398 e. The molecule has 0 bridgehead atoms. The number of aryl methyl sites for hydroxylation is 1. The lowest BCUT2D eigenvalue weighted by molar-refractivity contribution is -0.138. The van der Waals surface area contributed by atoms with E-state index < -0.39 is 11.7 Å². The molecule has 0 spiro atoms. The number of rotatable bonds is 0. The molecule has 6 heteroatoms. The van der Waals surface area contributed by atoms with E-state index in [0.717, 1.165) is 0 Å². The summed E-state index contributed by atoms with van der Waals surface area (Å²) in [6.45, 7) is 1.64. The minimum absolute atomic E-state index is 0.0106. The highest BCUT2D eigenvalue weighted by Gasteiger charge is 2.36. The maximum Gasteiger partial charge on any atom is 0.418 e. The highest BCUT2D eigenvalue weighted by Crippen LogP contribution is 2.43. The van der Waals surface area contributed by atoms with Crippen molar-refractivity contribution in [3.8, 4) is 0 Å². The van der Waals surface area contributed by atoms with E-state index in [1.807, 2.05) is 0 Å². The number of hydrogen-bond donors (Lipinski definition) is 1. The molecule has 0 amide bonds. The fourth-order valence-corrected chi connectivity index (χ4v) is 2.80. The maximum atomic E-state index is 12.5. The van der Waals surface area contributed by atoms with Crippen molar-refractivity contribution in [2.75, 3.05) is 5.73 Å². The van der Waals surface area contributed by atoms with Crippen molar-refractivity contribution < 1.29 is 13.2 Å². The SMILES string of the molecule is Cc1cc(Br)c(C(F)(F)F)c(Br)c1N. The van der Waals surface area contributed by atoms with Crippen LogP contribution in [0.3, 0.4) is 0 Å². The molecule has 0 unspecified atom stereocenters. The van der Waals surface area contributed by atoms with E-state index in [9.17, 15) is 13.2 Å². The van der Waals surface area contributed by atoms with E-state index >= 15 is 0 Å². The van der Waals surface area contributed by atoms with Gasteiger partial charge in [-0.05, 0) is 34.5 Å². The number of nitrogen functional groups attached to an aromatic ring is 1. The smallest absolute Gasteiger partial charge is 0.398 e. The molecule has 0 atom stereocenters. The monoisotopic (exact) mass is 331 g/mol. The summed E-state index contributed by atoms with van der Waals surface area (Å²) >= 11 is 5.70. The van der Waals surface area contributed by atoms with Crippen LogP contribution < -0.4 is 5.73 Å². The van der Waals surface area contributed by atoms with Crippen LogP contribution in [0.25, 0.3) is 0 Å². The number of nitrogens with two attached hydrogens (primary N) is 1. The Balaban J connectivity index is 3.53. The molecular formula is C8H6Br2F3N. The second-order valence-electron chi connectivity index (χ2n) is 2.78. The van der Waals surface area contributed by atoms with E-state index in [1.165, 1.54) is 6.07 Å². The first-order valence-corrected chi connectivity index (χ1v) is 5.15. The molecule has 1 aromatic carbocycles.